The second-order valence-electron chi connectivity index (χ2n) is 5.10. The molecular weight excluding hydrogens is 290 g/mol. The lowest BCUT2D eigenvalue weighted by Gasteiger charge is -2.27. The Kier molecular flexibility index (Phi) is 5.44. The molecule has 2 atom stereocenters. The SMILES string of the molecule is CCN1C=CC(NC(=O)CCC2C=CC(Cl)=CC2)NC1=O. The predicted octanol–water partition coefficient (Wildman–Crippen LogP) is 2.47. The van der Waals surface area contributed by atoms with E-state index in [0.717, 1.165) is 17.9 Å². The third-order valence-electron chi connectivity index (χ3n) is 3.54. The van der Waals surface area contributed by atoms with Gasteiger partial charge < -0.3 is 15.5 Å². The molecule has 2 N–H and O–H groups in total. The van der Waals surface area contributed by atoms with Crippen LogP contribution in [0.25, 0.3) is 0 Å². The molecule has 6 heteroatoms. The number of nitrogens with zero attached hydrogens (tertiary/aromatic N) is 1. The highest BCUT2D eigenvalue weighted by molar-refractivity contribution is 6.31. The summed E-state index contributed by atoms with van der Waals surface area (Å²) in [5.74, 6) is 0.286. The fourth-order valence-electron chi connectivity index (χ4n) is 2.27. The second-order valence-corrected chi connectivity index (χ2v) is 5.54. The van der Waals surface area contributed by atoms with Crippen molar-refractivity contribution in [3.8, 4) is 0 Å². The van der Waals surface area contributed by atoms with Crippen LogP contribution in [0.2, 0.25) is 0 Å². The molecule has 0 saturated carbocycles. The van der Waals surface area contributed by atoms with Crippen LogP contribution in [0.1, 0.15) is 26.2 Å². The Morgan fingerprint density at radius 3 is 2.95 bits per heavy atom. The lowest BCUT2D eigenvalue weighted by atomic mass is 9.95. The lowest BCUT2D eigenvalue weighted by Crippen LogP contribution is -2.53. The molecule has 0 bridgehead atoms. The van der Waals surface area contributed by atoms with Crippen LogP contribution in [-0.4, -0.2) is 29.5 Å². The first-order valence-electron chi connectivity index (χ1n) is 7.17. The van der Waals surface area contributed by atoms with Gasteiger partial charge in [-0.25, -0.2) is 4.79 Å². The van der Waals surface area contributed by atoms with Crippen LogP contribution in [0, 0.1) is 5.92 Å². The number of hydrogen-bond acceptors (Lipinski definition) is 2. The number of urea groups is 1. The standard InChI is InChI=1S/C15H20ClN3O2/c1-2-19-10-9-13(18-15(19)21)17-14(20)8-5-11-3-6-12(16)7-4-11/h3,6-7,9-11,13H,2,4-5,8H2,1H3,(H,17,20)(H,18,21). The van der Waals surface area contributed by atoms with Gasteiger partial charge in [0, 0.05) is 24.2 Å². The molecule has 0 aromatic heterocycles. The summed E-state index contributed by atoms with van der Waals surface area (Å²) in [6.07, 6.45) is 11.0. The quantitative estimate of drug-likeness (QED) is 0.819. The van der Waals surface area contributed by atoms with E-state index in [9.17, 15) is 9.59 Å². The largest absolute Gasteiger partial charge is 0.332 e. The number of allylic oxidation sites excluding steroid dienone is 4. The van der Waals surface area contributed by atoms with E-state index in [-0.39, 0.29) is 11.9 Å². The molecule has 3 amide bonds. The summed E-state index contributed by atoms with van der Waals surface area (Å²) in [5.41, 5.74) is 0. The van der Waals surface area contributed by atoms with Crippen molar-refractivity contribution >= 4 is 23.5 Å². The first-order valence-corrected chi connectivity index (χ1v) is 7.55. The van der Waals surface area contributed by atoms with Gasteiger partial charge in [0.25, 0.3) is 0 Å². The van der Waals surface area contributed by atoms with Crippen molar-refractivity contribution in [2.45, 2.75) is 32.4 Å². The Morgan fingerprint density at radius 1 is 1.52 bits per heavy atom. The summed E-state index contributed by atoms with van der Waals surface area (Å²) in [6, 6.07) is -0.194. The number of nitrogens with one attached hydrogen (secondary N) is 2. The van der Waals surface area contributed by atoms with Crippen LogP contribution >= 0.6 is 11.6 Å². The van der Waals surface area contributed by atoms with Crippen LogP contribution in [0.5, 0.6) is 0 Å². The van der Waals surface area contributed by atoms with Gasteiger partial charge in [0.15, 0.2) is 0 Å². The maximum atomic E-state index is 11.9. The minimum absolute atomic E-state index is 0.0658. The average molecular weight is 310 g/mol. The van der Waals surface area contributed by atoms with Gasteiger partial charge in [-0.2, -0.15) is 0 Å². The van der Waals surface area contributed by atoms with Crippen LogP contribution in [-0.2, 0) is 4.79 Å². The van der Waals surface area contributed by atoms with Crippen LogP contribution in [0.4, 0.5) is 4.79 Å². The lowest BCUT2D eigenvalue weighted by molar-refractivity contribution is -0.121. The normalized spacial score (nSPS) is 24.6. The van der Waals surface area contributed by atoms with Crippen LogP contribution in [0.3, 0.4) is 0 Å². The minimum atomic E-state index is -0.427. The van der Waals surface area contributed by atoms with E-state index in [1.165, 1.54) is 0 Å². The Bertz CT molecular complexity index is 499. The fourth-order valence-corrected chi connectivity index (χ4v) is 2.43. The summed E-state index contributed by atoms with van der Waals surface area (Å²) < 4.78 is 0. The van der Waals surface area contributed by atoms with E-state index >= 15 is 0 Å². The third-order valence-corrected chi connectivity index (χ3v) is 3.82. The van der Waals surface area contributed by atoms with Gasteiger partial charge in [-0.15, -0.1) is 0 Å². The van der Waals surface area contributed by atoms with Gasteiger partial charge in [-0.3, -0.25) is 4.79 Å². The average Bonchev–Trinajstić information content (AvgIpc) is 2.47. The van der Waals surface area contributed by atoms with E-state index in [0.29, 0.717) is 18.9 Å². The van der Waals surface area contributed by atoms with Crippen molar-refractivity contribution in [1.82, 2.24) is 15.5 Å². The monoisotopic (exact) mass is 309 g/mol. The highest BCUT2D eigenvalue weighted by atomic mass is 35.5. The summed E-state index contributed by atoms with van der Waals surface area (Å²) in [5, 5.41) is 6.27. The fraction of sp³-hybridized carbons (Fsp3) is 0.467. The van der Waals surface area contributed by atoms with E-state index in [1.54, 1.807) is 17.2 Å². The molecule has 0 spiro atoms. The molecular formula is C15H20ClN3O2. The molecule has 0 saturated heterocycles. The summed E-state index contributed by atoms with van der Waals surface area (Å²) in [4.78, 5) is 25.1. The maximum Gasteiger partial charge on any atom is 0.323 e. The summed E-state index contributed by atoms with van der Waals surface area (Å²) >= 11 is 5.85. The third kappa shape index (κ3) is 4.63. The molecule has 1 aliphatic heterocycles. The Hall–Kier alpha value is -1.75. The van der Waals surface area contributed by atoms with Crippen molar-refractivity contribution in [1.29, 1.82) is 0 Å². The van der Waals surface area contributed by atoms with E-state index in [1.807, 2.05) is 25.2 Å². The first kappa shape index (κ1) is 15.6. The number of halogens is 1. The number of rotatable bonds is 5. The van der Waals surface area contributed by atoms with Crippen LogP contribution in [0.15, 0.2) is 35.5 Å². The predicted molar refractivity (Wildman–Crippen MR) is 82.4 cm³/mol. The van der Waals surface area contributed by atoms with Gasteiger partial charge >= 0.3 is 6.03 Å². The summed E-state index contributed by atoms with van der Waals surface area (Å²) in [6.45, 7) is 2.49. The molecule has 21 heavy (non-hydrogen) atoms. The highest BCUT2D eigenvalue weighted by Gasteiger charge is 2.20. The zero-order valence-corrected chi connectivity index (χ0v) is 12.8. The molecule has 2 rings (SSSR count). The number of carbonyl (C=O) groups is 2. The van der Waals surface area contributed by atoms with Crippen molar-refractivity contribution in [2.75, 3.05) is 6.54 Å². The van der Waals surface area contributed by atoms with Gasteiger partial charge in [0.1, 0.15) is 6.17 Å². The molecule has 0 aromatic rings. The Balaban J connectivity index is 1.73. The molecule has 1 heterocycles. The van der Waals surface area contributed by atoms with E-state index in [2.05, 4.69) is 10.6 Å². The minimum Gasteiger partial charge on any atom is -0.332 e. The van der Waals surface area contributed by atoms with Gasteiger partial charge in [-0.1, -0.05) is 23.8 Å². The molecule has 2 aliphatic rings. The number of carbonyl (C=O) groups excluding carboxylic acids is 2. The Morgan fingerprint density at radius 2 is 2.33 bits per heavy atom. The smallest absolute Gasteiger partial charge is 0.323 e. The maximum absolute atomic E-state index is 11.9. The molecule has 114 valence electrons. The van der Waals surface area contributed by atoms with Crippen LogP contribution < -0.4 is 10.6 Å². The molecule has 2 unspecified atom stereocenters. The highest BCUT2D eigenvalue weighted by Crippen LogP contribution is 2.22. The first-order chi connectivity index (χ1) is 10.1. The molecule has 1 aliphatic carbocycles. The van der Waals surface area contributed by atoms with Gasteiger partial charge in [-0.05, 0) is 37.8 Å². The van der Waals surface area contributed by atoms with Crippen molar-refractivity contribution in [3.63, 3.8) is 0 Å². The molecule has 5 nitrogen and oxygen atoms in total. The zero-order valence-electron chi connectivity index (χ0n) is 12.0. The van der Waals surface area contributed by atoms with Crippen molar-refractivity contribution in [3.05, 3.63) is 35.5 Å². The molecule has 0 fully saturated rings. The van der Waals surface area contributed by atoms with E-state index in [4.69, 9.17) is 11.6 Å². The summed E-state index contributed by atoms with van der Waals surface area (Å²) in [7, 11) is 0. The molecule has 0 aromatic carbocycles. The molecule has 0 radical (unpaired) electrons. The zero-order chi connectivity index (χ0) is 15.2. The number of amides is 3. The second kappa shape index (κ2) is 7.31. The topological polar surface area (TPSA) is 61.4 Å². The Labute approximate surface area is 129 Å². The van der Waals surface area contributed by atoms with E-state index < -0.39 is 6.17 Å². The van der Waals surface area contributed by atoms with Gasteiger partial charge in [0.2, 0.25) is 5.91 Å². The van der Waals surface area contributed by atoms with Gasteiger partial charge in [0.05, 0.1) is 0 Å². The van der Waals surface area contributed by atoms with Crippen molar-refractivity contribution in [2.24, 2.45) is 5.92 Å². The number of hydrogen-bond donors (Lipinski definition) is 2. The van der Waals surface area contributed by atoms with Crippen molar-refractivity contribution < 1.29 is 9.59 Å².